The molecule has 130 valence electrons. The molecule has 0 radical (unpaired) electrons. The highest BCUT2D eigenvalue weighted by Gasteiger charge is 2.40. The molecule has 0 fully saturated rings. The average molecular weight is 326 g/mol. The maximum Gasteiger partial charge on any atom is 0.174 e. The van der Waals surface area contributed by atoms with Crippen LogP contribution in [0.5, 0.6) is 0 Å². The van der Waals surface area contributed by atoms with Gasteiger partial charge in [0.2, 0.25) is 0 Å². The van der Waals surface area contributed by atoms with Crippen molar-refractivity contribution in [2.75, 3.05) is 9.80 Å². The van der Waals surface area contributed by atoms with Gasteiger partial charge in [0.25, 0.3) is 0 Å². The molecule has 0 spiro atoms. The number of rotatable bonds is 6. The summed E-state index contributed by atoms with van der Waals surface area (Å²) in [4.78, 5) is 15.0. The molecule has 2 unspecified atom stereocenters. The normalized spacial score (nSPS) is 19.6. The summed E-state index contributed by atoms with van der Waals surface area (Å²) >= 11 is 0. The van der Waals surface area contributed by atoms with Crippen molar-refractivity contribution >= 4 is 22.7 Å². The molecule has 1 aromatic carbocycles. The van der Waals surface area contributed by atoms with E-state index in [0.717, 1.165) is 22.7 Å². The Kier molecular flexibility index (Phi) is 4.93. The first kappa shape index (κ1) is 17.0. The van der Waals surface area contributed by atoms with E-state index in [1.54, 1.807) is 0 Å². The van der Waals surface area contributed by atoms with E-state index in [4.69, 9.17) is 9.97 Å². The minimum absolute atomic E-state index is 0.305. The second kappa shape index (κ2) is 6.96. The molecule has 1 aromatic heterocycles. The van der Waals surface area contributed by atoms with Crippen LogP contribution in [0.2, 0.25) is 0 Å². The molecule has 4 heteroatoms. The van der Waals surface area contributed by atoms with Gasteiger partial charge in [0.15, 0.2) is 11.6 Å². The summed E-state index contributed by atoms with van der Waals surface area (Å²) < 4.78 is 0. The number of para-hydroxylation sites is 2. The Bertz CT molecular complexity index is 641. The number of nitrogens with zero attached hydrogens (tertiary/aromatic N) is 4. The molecule has 0 saturated heterocycles. The van der Waals surface area contributed by atoms with E-state index in [1.165, 1.54) is 25.7 Å². The second-order valence-electron chi connectivity index (χ2n) is 7.08. The summed E-state index contributed by atoms with van der Waals surface area (Å²) in [6.45, 7) is 11.4. The molecule has 24 heavy (non-hydrogen) atoms. The fourth-order valence-electron chi connectivity index (χ4n) is 4.08. The average Bonchev–Trinajstić information content (AvgIpc) is 2.84. The van der Waals surface area contributed by atoms with Gasteiger partial charge in [-0.05, 0) is 45.7 Å². The highest BCUT2D eigenvalue weighted by molar-refractivity contribution is 5.83. The third-order valence-electron chi connectivity index (χ3n) is 5.19. The van der Waals surface area contributed by atoms with Crippen molar-refractivity contribution in [3.05, 3.63) is 24.3 Å². The van der Waals surface area contributed by atoms with Gasteiger partial charge in [-0.1, -0.05) is 38.8 Å². The van der Waals surface area contributed by atoms with Crippen molar-refractivity contribution in [2.24, 2.45) is 0 Å². The number of hydrogen-bond donors (Lipinski definition) is 0. The summed E-state index contributed by atoms with van der Waals surface area (Å²) in [5.74, 6) is 2.12. The predicted octanol–water partition coefficient (Wildman–Crippen LogP) is 4.98. The molecule has 0 aliphatic carbocycles. The number of aromatic nitrogens is 2. The highest BCUT2D eigenvalue weighted by Crippen LogP contribution is 2.41. The van der Waals surface area contributed by atoms with Crippen molar-refractivity contribution in [1.82, 2.24) is 9.97 Å². The van der Waals surface area contributed by atoms with Crippen LogP contribution in [0.25, 0.3) is 11.0 Å². The standard InChI is InChI=1S/C20H30N4/c1-6-10-14(3)23-16(5)24(15(4)11-7-2)20-19(23)21-17-12-8-9-13-18(17)22-20/h8-9,12-16H,6-7,10-11H2,1-5H3. The monoisotopic (exact) mass is 326 g/mol. The van der Waals surface area contributed by atoms with Crippen LogP contribution < -0.4 is 9.80 Å². The molecular formula is C20H30N4. The lowest BCUT2D eigenvalue weighted by atomic mass is 10.1. The Labute approximate surface area is 145 Å². The third-order valence-corrected chi connectivity index (χ3v) is 5.19. The van der Waals surface area contributed by atoms with Crippen molar-refractivity contribution < 1.29 is 0 Å². The molecule has 2 heterocycles. The van der Waals surface area contributed by atoms with Crippen molar-refractivity contribution in [2.45, 2.75) is 78.6 Å². The number of anilines is 2. The number of fused-ring (bicyclic) bond motifs is 2. The molecule has 1 aliphatic heterocycles. The van der Waals surface area contributed by atoms with Gasteiger partial charge in [-0.25, -0.2) is 9.97 Å². The molecule has 0 saturated carbocycles. The summed E-state index contributed by atoms with van der Waals surface area (Å²) in [6.07, 6.45) is 5.03. The van der Waals surface area contributed by atoms with Gasteiger partial charge in [-0.2, -0.15) is 0 Å². The van der Waals surface area contributed by atoms with Crippen LogP contribution in [0.15, 0.2) is 24.3 Å². The first-order valence-corrected chi connectivity index (χ1v) is 9.41. The summed E-state index contributed by atoms with van der Waals surface area (Å²) in [7, 11) is 0. The lowest BCUT2D eigenvalue weighted by molar-refractivity contribution is 0.475. The van der Waals surface area contributed by atoms with Crippen LogP contribution in [0, 0.1) is 0 Å². The number of benzene rings is 1. The zero-order chi connectivity index (χ0) is 17.3. The van der Waals surface area contributed by atoms with Crippen LogP contribution in [0.4, 0.5) is 11.6 Å². The van der Waals surface area contributed by atoms with Gasteiger partial charge < -0.3 is 9.80 Å². The second-order valence-corrected chi connectivity index (χ2v) is 7.08. The molecular weight excluding hydrogens is 296 g/mol. The molecule has 0 amide bonds. The zero-order valence-electron chi connectivity index (χ0n) is 15.7. The van der Waals surface area contributed by atoms with Crippen LogP contribution >= 0.6 is 0 Å². The lowest BCUT2D eigenvalue weighted by Gasteiger charge is -2.36. The van der Waals surface area contributed by atoms with E-state index >= 15 is 0 Å². The first-order chi connectivity index (χ1) is 11.6. The Morgan fingerprint density at radius 1 is 0.875 bits per heavy atom. The minimum Gasteiger partial charge on any atom is -0.331 e. The summed E-state index contributed by atoms with van der Waals surface area (Å²) in [6, 6.07) is 9.15. The molecule has 0 N–H and O–H groups in total. The van der Waals surface area contributed by atoms with Crippen LogP contribution in [-0.2, 0) is 0 Å². The topological polar surface area (TPSA) is 32.3 Å². The molecule has 2 atom stereocenters. The third kappa shape index (κ3) is 2.83. The molecule has 1 aliphatic rings. The van der Waals surface area contributed by atoms with Crippen molar-refractivity contribution in [1.29, 1.82) is 0 Å². The van der Waals surface area contributed by atoms with E-state index in [1.807, 2.05) is 12.1 Å². The van der Waals surface area contributed by atoms with E-state index in [0.29, 0.717) is 18.2 Å². The fourth-order valence-corrected chi connectivity index (χ4v) is 4.08. The SMILES string of the molecule is CCCC(C)N1c2nc3ccccc3nc2N(C(C)CCC)C1C. The fraction of sp³-hybridized carbons (Fsp3) is 0.600. The van der Waals surface area contributed by atoms with Crippen molar-refractivity contribution in [3.63, 3.8) is 0 Å². The zero-order valence-corrected chi connectivity index (χ0v) is 15.7. The Morgan fingerprint density at radius 2 is 1.29 bits per heavy atom. The Balaban J connectivity index is 2.11. The predicted molar refractivity (Wildman–Crippen MR) is 103 cm³/mol. The highest BCUT2D eigenvalue weighted by atomic mass is 15.5. The Morgan fingerprint density at radius 3 is 1.67 bits per heavy atom. The molecule has 2 aromatic rings. The van der Waals surface area contributed by atoms with Gasteiger partial charge in [0.05, 0.1) is 11.0 Å². The van der Waals surface area contributed by atoms with Gasteiger partial charge >= 0.3 is 0 Å². The molecule has 0 bridgehead atoms. The van der Waals surface area contributed by atoms with Gasteiger partial charge in [-0.15, -0.1) is 0 Å². The maximum atomic E-state index is 5.01. The minimum atomic E-state index is 0.305. The van der Waals surface area contributed by atoms with Crippen LogP contribution in [0.1, 0.15) is 60.3 Å². The maximum absolute atomic E-state index is 5.01. The van der Waals surface area contributed by atoms with Crippen molar-refractivity contribution in [3.8, 4) is 0 Å². The largest absolute Gasteiger partial charge is 0.331 e. The quantitative estimate of drug-likeness (QED) is 0.749. The lowest BCUT2D eigenvalue weighted by Crippen LogP contribution is -2.48. The van der Waals surface area contributed by atoms with E-state index in [9.17, 15) is 0 Å². The van der Waals surface area contributed by atoms with Gasteiger partial charge in [0.1, 0.15) is 6.17 Å². The van der Waals surface area contributed by atoms with Crippen LogP contribution in [-0.4, -0.2) is 28.2 Å². The summed E-state index contributed by atoms with van der Waals surface area (Å²) in [5, 5.41) is 0. The smallest absolute Gasteiger partial charge is 0.174 e. The molecule has 4 nitrogen and oxygen atoms in total. The van der Waals surface area contributed by atoms with E-state index in [2.05, 4.69) is 56.6 Å². The van der Waals surface area contributed by atoms with E-state index < -0.39 is 0 Å². The van der Waals surface area contributed by atoms with Gasteiger partial charge in [0, 0.05) is 12.1 Å². The molecule has 3 rings (SSSR count). The van der Waals surface area contributed by atoms with Gasteiger partial charge in [-0.3, -0.25) is 0 Å². The summed E-state index contributed by atoms with van der Waals surface area (Å²) in [5.41, 5.74) is 1.98. The number of hydrogen-bond acceptors (Lipinski definition) is 4. The van der Waals surface area contributed by atoms with E-state index in [-0.39, 0.29) is 0 Å². The first-order valence-electron chi connectivity index (χ1n) is 9.41. The van der Waals surface area contributed by atoms with Crippen LogP contribution in [0.3, 0.4) is 0 Å². The Hall–Kier alpha value is -1.84.